The van der Waals surface area contributed by atoms with Gasteiger partial charge >= 0.3 is 5.97 Å². The number of carboxylic acid groups (broad SMARTS) is 1. The zero-order chi connectivity index (χ0) is 12.4. The third kappa shape index (κ3) is 2.61. The van der Waals surface area contributed by atoms with Crippen LogP contribution in [0.5, 0.6) is 0 Å². The Balaban J connectivity index is 2.03. The number of rotatable bonds is 3. The molecule has 1 aliphatic heterocycles. The van der Waals surface area contributed by atoms with Crippen LogP contribution in [-0.2, 0) is 16.1 Å². The van der Waals surface area contributed by atoms with Gasteiger partial charge in [0, 0.05) is 19.9 Å². The van der Waals surface area contributed by atoms with E-state index in [0.717, 1.165) is 0 Å². The fourth-order valence-corrected chi connectivity index (χ4v) is 1.83. The highest BCUT2D eigenvalue weighted by molar-refractivity contribution is 5.80. The van der Waals surface area contributed by atoms with Gasteiger partial charge in [-0.25, -0.2) is 0 Å². The fourth-order valence-electron chi connectivity index (χ4n) is 1.83. The molecular weight excluding hydrogens is 226 g/mol. The number of aryl methyl sites for hydroxylation is 1. The van der Waals surface area contributed by atoms with Crippen LogP contribution in [-0.4, -0.2) is 38.6 Å². The number of likely N-dealkylation sites (tertiary alicyclic amines) is 1. The molecule has 92 valence electrons. The highest BCUT2D eigenvalue weighted by atomic mass is 16.4. The van der Waals surface area contributed by atoms with E-state index in [1.54, 1.807) is 6.92 Å². The molecule has 17 heavy (non-hydrogen) atoms. The van der Waals surface area contributed by atoms with Gasteiger partial charge in [-0.2, -0.15) is 0 Å². The first-order chi connectivity index (χ1) is 8.06. The van der Waals surface area contributed by atoms with Crippen molar-refractivity contribution in [2.75, 3.05) is 6.54 Å². The molecule has 0 saturated carbocycles. The van der Waals surface area contributed by atoms with E-state index < -0.39 is 11.9 Å². The number of aliphatic carboxylic acids is 1. The van der Waals surface area contributed by atoms with Gasteiger partial charge in [-0.05, 0) is 6.42 Å². The maximum Gasteiger partial charge on any atom is 0.308 e. The molecule has 0 aromatic carbocycles. The molecule has 1 amide bonds. The first-order valence-electron chi connectivity index (χ1n) is 5.36. The third-order valence-corrected chi connectivity index (χ3v) is 2.74. The molecule has 2 rings (SSSR count). The molecule has 1 aliphatic rings. The molecule has 1 N–H and O–H groups in total. The molecule has 1 aromatic rings. The lowest BCUT2D eigenvalue weighted by molar-refractivity contribution is -0.147. The Labute approximate surface area is 97.4 Å². The summed E-state index contributed by atoms with van der Waals surface area (Å²) in [5, 5.41) is 16.4. The third-order valence-electron chi connectivity index (χ3n) is 2.74. The number of amides is 1. The minimum atomic E-state index is -0.871. The lowest BCUT2D eigenvalue weighted by Gasteiger charge is -2.29. The number of carbonyl (C=O) groups is 2. The number of aromatic nitrogens is 2. The van der Waals surface area contributed by atoms with Crippen LogP contribution in [0.2, 0.25) is 0 Å². The first-order valence-corrected chi connectivity index (χ1v) is 5.36. The highest BCUT2D eigenvalue weighted by Crippen LogP contribution is 2.19. The van der Waals surface area contributed by atoms with E-state index >= 15 is 0 Å². The van der Waals surface area contributed by atoms with E-state index in [2.05, 4.69) is 10.2 Å². The number of hydrogen-bond donors (Lipinski definition) is 1. The fraction of sp³-hybridized carbons (Fsp3) is 0.600. The van der Waals surface area contributed by atoms with Gasteiger partial charge in [0.15, 0.2) is 0 Å². The minimum Gasteiger partial charge on any atom is -0.481 e. The molecule has 1 unspecified atom stereocenters. The second-order valence-corrected chi connectivity index (χ2v) is 4.06. The average molecular weight is 239 g/mol. The summed E-state index contributed by atoms with van der Waals surface area (Å²) in [5.41, 5.74) is 0. The molecule has 0 aliphatic carbocycles. The highest BCUT2D eigenvalue weighted by Gasteiger charge is 2.30. The van der Waals surface area contributed by atoms with E-state index in [9.17, 15) is 9.59 Å². The van der Waals surface area contributed by atoms with Crippen LogP contribution in [0.4, 0.5) is 0 Å². The summed E-state index contributed by atoms with van der Waals surface area (Å²) >= 11 is 0. The van der Waals surface area contributed by atoms with Crippen molar-refractivity contribution in [3.63, 3.8) is 0 Å². The average Bonchev–Trinajstić information content (AvgIpc) is 2.67. The summed E-state index contributed by atoms with van der Waals surface area (Å²) in [4.78, 5) is 23.9. The van der Waals surface area contributed by atoms with Crippen LogP contribution >= 0.6 is 0 Å². The molecule has 7 heteroatoms. The number of carbonyl (C=O) groups excluding carboxylic acids is 1. The van der Waals surface area contributed by atoms with E-state index in [4.69, 9.17) is 9.52 Å². The van der Waals surface area contributed by atoms with Crippen molar-refractivity contribution in [3.05, 3.63) is 11.8 Å². The zero-order valence-corrected chi connectivity index (χ0v) is 9.42. The number of nitrogens with zero attached hydrogens (tertiary/aromatic N) is 3. The van der Waals surface area contributed by atoms with Crippen LogP contribution in [0.1, 0.15) is 24.6 Å². The van der Waals surface area contributed by atoms with E-state index in [-0.39, 0.29) is 25.4 Å². The summed E-state index contributed by atoms with van der Waals surface area (Å²) in [6, 6.07) is 0. The lowest BCUT2D eigenvalue weighted by atomic mass is 9.98. The summed E-state index contributed by atoms with van der Waals surface area (Å²) in [7, 11) is 0. The van der Waals surface area contributed by atoms with Gasteiger partial charge in [0.1, 0.15) is 0 Å². The standard InChI is InChI=1S/C10H13N3O4/c1-6-11-12-8(17-6)5-13-4-7(10(15)16)2-3-9(13)14/h7H,2-5H2,1H3,(H,15,16). The van der Waals surface area contributed by atoms with Crippen LogP contribution in [0.3, 0.4) is 0 Å². The number of hydrogen-bond acceptors (Lipinski definition) is 5. The van der Waals surface area contributed by atoms with Crippen molar-refractivity contribution in [1.29, 1.82) is 0 Å². The summed E-state index contributed by atoms with van der Waals surface area (Å²) in [6.45, 7) is 2.05. The number of carboxylic acids is 1. The van der Waals surface area contributed by atoms with Gasteiger partial charge in [0.05, 0.1) is 12.5 Å². The largest absolute Gasteiger partial charge is 0.481 e. The molecule has 7 nitrogen and oxygen atoms in total. The van der Waals surface area contributed by atoms with Gasteiger partial charge in [-0.15, -0.1) is 10.2 Å². The van der Waals surface area contributed by atoms with Crippen LogP contribution in [0.15, 0.2) is 4.42 Å². The van der Waals surface area contributed by atoms with Crippen LogP contribution < -0.4 is 0 Å². The Morgan fingerprint density at radius 2 is 2.35 bits per heavy atom. The van der Waals surface area contributed by atoms with Crippen molar-refractivity contribution in [1.82, 2.24) is 15.1 Å². The molecule has 1 fully saturated rings. The van der Waals surface area contributed by atoms with Crippen molar-refractivity contribution in [2.24, 2.45) is 5.92 Å². The predicted octanol–water partition coefficient (Wildman–Crippen LogP) is 0.201. The molecule has 1 aromatic heterocycles. The monoisotopic (exact) mass is 239 g/mol. The van der Waals surface area contributed by atoms with Gasteiger partial charge in [-0.3, -0.25) is 9.59 Å². The topological polar surface area (TPSA) is 96.5 Å². The molecule has 2 heterocycles. The van der Waals surface area contributed by atoms with Crippen molar-refractivity contribution in [2.45, 2.75) is 26.3 Å². The van der Waals surface area contributed by atoms with Crippen LogP contribution in [0.25, 0.3) is 0 Å². The predicted molar refractivity (Wildman–Crippen MR) is 54.8 cm³/mol. The van der Waals surface area contributed by atoms with Gasteiger partial charge in [0.2, 0.25) is 17.7 Å². The maximum atomic E-state index is 11.6. The van der Waals surface area contributed by atoms with Crippen molar-refractivity contribution in [3.8, 4) is 0 Å². The Bertz CT molecular complexity index is 443. The van der Waals surface area contributed by atoms with E-state index in [1.165, 1.54) is 4.90 Å². The van der Waals surface area contributed by atoms with E-state index in [0.29, 0.717) is 18.2 Å². The van der Waals surface area contributed by atoms with Gasteiger partial charge in [0.25, 0.3) is 0 Å². The summed E-state index contributed by atoms with van der Waals surface area (Å²) in [5.74, 6) is -0.680. The Kier molecular flexibility index (Phi) is 3.08. The normalized spacial score (nSPS) is 20.6. The maximum absolute atomic E-state index is 11.6. The van der Waals surface area contributed by atoms with Gasteiger partial charge < -0.3 is 14.4 Å². The Hall–Kier alpha value is -1.92. The smallest absolute Gasteiger partial charge is 0.308 e. The lowest BCUT2D eigenvalue weighted by Crippen LogP contribution is -2.42. The second kappa shape index (κ2) is 4.52. The molecule has 0 spiro atoms. The molecule has 0 bridgehead atoms. The number of piperidine rings is 1. The molecule has 1 atom stereocenters. The quantitative estimate of drug-likeness (QED) is 0.809. The first kappa shape index (κ1) is 11.6. The van der Waals surface area contributed by atoms with Crippen molar-refractivity contribution < 1.29 is 19.1 Å². The van der Waals surface area contributed by atoms with Gasteiger partial charge in [-0.1, -0.05) is 0 Å². The SMILES string of the molecule is Cc1nnc(CN2CC(C(=O)O)CCC2=O)o1. The molecular formula is C10H13N3O4. The van der Waals surface area contributed by atoms with Crippen LogP contribution in [0, 0.1) is 12.8 Å². The zero-order valence-electron chi connectivity index (χ0n) is 9.42. The summed E-state index contributed by atoms with van der Waals surface area (Å²) in [6.07, 6.45) is 0.650. The summed E-state index contributed by atoms with van der Waals surface area (Å²) < 4.78 is 5.17. The minimum absolute atomic E-state index is 0.0710. The molecule has 1 saturated heterocycles. The Morgan fingerprint density at radius 3 is 2.94 bits per heavy atom. The second-order valence-electron chi connectivity index (χ2n) is 4.06. The van der Waals surface area contributed by atoms with Crippen molar-refractivity contribution >= 4 is 11.9 Å². The Morgan fingerprint density at radius 1 is 1.59 bits per heavy atom. The molecule has 0 radical (unpaired) electrons. The van der Waals surface area contributed by atoms with E-state index in [1.807, 2.05) is 0 Å².